The molecule has 0 unspecified atom stereocenters. The molecule has 4 heteroatoms. The van der Waals surface area contributed by atoms with Crippen LogP contribution in [0.4, 0.5) is 5.82 Å². The lowest BCUT2D eigenvalue weighted by Crippen LogP contribution is -1.80. The van der Waals surface area contributed by atoms with Crippen LogP contribution in [0.1, 0.15) is 4.88 Å². The van der Waals surface area contributed by atoms with Crippen molar-refractivity contribution in [2.75, 3.05) is 5.73 Å². The first-order valence-corrected chi connectivity index (χ1v) is 2.92. The highest BCUT2D eigenvalue weighted by Gasteiger charge is 1.93. The molecule has 0 amide bonds. The van der Waals surface area contributed by atoms with Crippen molar-refractivity contribution >= 4 is 17.4 Å². The predicted octanol–water partition coefficient (Wildman–Crippen LogP) is 0.218. The number of aliphatic hydroxyl groups is 1. The molecule has 44 valence electrons. The first kappa shape index (κ1) is 5.53. The molecule has 0 atom stereocenters. The van der Waals surface area contributed by atoms with Crippen LogP contribution >= 0.6 is 11.5 Å². The molecule has 0 aliphatic carbocycles. The maximum atomic E-state index is 8.47. The standard InChI is InChI=1S/C4H6N2OS/c5-4-1-3(2-7)8-6-4/h1,7H,2H2,(H2,5,6). The molecule has 0 spiro atoms. The second-order valence-electron chi connectivity index (χ2n) is 1.38. The van der Waals surface area contributed by atoms with E-state index in [1.54, 1.807) is 6.07 Å². The average molecular weight is 130 g/mol. The van der Waals surface area contributed by atoms with Crippen molar-refractivity contribution in [2.24, 2.45) is 0 Å². The molecule has 1 heterocycles. The Bertz CT molecular complexity index is 174. The van der Waals surface area contributed by atoms with Crippen LogP contribution in [0.5, 0.6) is 0 Å². The number of aromatic nitrogens is 1. The van der Waals surface area contributed by atoms with Gasteiger partial charge in [0.25, 0.3) is 0 Å². The fourth-order valence-electron chi connectivity index (χ4n) is 0.403. The van der Waals surface area contributed by atoms with E-state index in [4.69, 9.17) is 10.8 Å². The van der Waals surface area contributed by atoms with Crippen LogP contribution in [0.25, 0.3) is 0 Å². The topological polar surface area (TPSA) is 59.1 Å². The molecule has 0 saturated heterocycles. The third-order valence-electron chi connectivity index (χ3n) is 0.733. The molecule has 8 heavy (non-hydrogen) atoms. The monoisotopic (exact) mass is 130 g/mol. The highest BCUT2D eigenvalue weighted by atomic mass is 32.1. The lowest BCUT2D eigenvalue weighted by atomic mass is 10.5. The van der Waals surface area contributed by atoms with Gasteiger partial charge in [-0.1, -0.05) is 0 Å². The van der Waals surface area contributed by atoms with Crippen molar-refractivity contribution in [3.05, 3.63) is 10.9 Å². The summed E-state index contributed by atoms with van der Waals surface area (Å²) < 4.78 is 3.75. The summed E-state index contributed by atoms with van der Waals surface area (Å²) in [4.78, 5) is 0.808. The van der Waals surface area contributed by atoms with Gasteiger partial charge in [-0.3, -0.25) is 0 Å². The Kier molecular flexibility index (Phi) is 1.45. The third-order valence-corrected chi connectivity index (χ3v) is 1.52. The van der Waals surface area contributed by atoms with E-state index in [-0.39, 0.29) is 6.61 Å². The third kappa shape index (κ3) is 0.962. The van der Waals surface area contributed by atoms with Crippen LogP contribution in [-0.4, -0.2) is 9.48 Å². The lowest BCUT2D eigenvalue weighted by molar-refractivity contribution is 0.285. The molecule has 1 aromatic heterocycles. The van der Waals surface area contributed by atoms with Crippen LogP contribution in [-0.2, 0) is 6.61 Å². The van der Waals surface area contributed by atoms with Gasteiger partial charge in [0.05, 0.1) is 11.5 Å². The molecular formula is C4H6N2OS. The van der Waals surface area contributed by atoms with Gasteiger partial charge in [-0.05, 0) is 17.6 Å². The van der Waals surface area contributed by atoms with Crippen molar-refractivity contribution in [2.45, 2.75) is 6.61 Å². The molecule has 1 aromatic rings. The second kappa shape index (κ2) is 2.11. The summed E-state index contributed by atoms with van der Waals surface area (Å²) in [6.45, 7) is 0.0366. The van der Waals surface area contributed by atoms with Gasteiger partial charge in [-0.15, -0.1) is 0 Å². The molecule has 0 aliphatic heterocycles. The van der Waals surface area contributed by atoms with Crippen molar-refractivity contribution < 1.29 is 5.11 Å². The Morgan fingerprint density at radius 2 is 2.62 bits per heavy atom. The Balaban J connectivity index is 2.84. The molecule has 0 bridgehead atoms. The molecular weight excluding hydrogens is 124 g/mol. The minimum atomic E-state index is 0.0366. The number of hydrogen-bond donors (Lipinski definition) is 2. The molecule has 0 fully saturated rings. The Morgan fingerprint density at radius 1 is 1.88 bits per heavy atom. The fourth-order valence-corrected chi connectivity index (χ4v) is 0.910. The average Bonchev–Trinajstić information content (AvgIpc) is 2.14. The van der Waals surface area contributed by atoms with Gasteiger partial charge in [-0.2, -0.15) is 4.37 Å². The minimum Gasteiger partial charge on any atom is -0.391 e. The Morgan fingerprint density at radius 3 is 2.88 bits per heavy atom. The first-order chi connectivity index (χ1) is 3.83. The molecule has 0 aromatic carbocycles. The number of nitrogens with two attached hydrogens (primary N) is 1. The number of anilines is 1. The van der Waals surface area contributed by atoms with E-state index in [0.717, 1.165) is 4.88 Å². The van der Waals surface area contributed by atoms with E-state index in [0.29, 0.717) is 5.82 Å². The summed E-state index contributed by atoms with van der Waals surface area (Å²) in [5.41, 5.74) is 5.24. The maximum Gasteiger partial charge on any atom is 0.137 e. The molecule has 0 saturated carbocycles. The zero-order chi connectivity index (χ0) is 5.98. The lowest BCUT2D eigenvalue weighted by Gasteiger charge is -1.77. The van der Waals surface area contributed by atoms with E-state index in [1.807, 2.05) is 0 Å². The number of rotatable bonds is 1. The van der Waals surface area contributed by atoms with Crippen LogP contribution in [0, 0.1) is 0 Å². The zero-order valence-corrected chi connectivity index (χ0v) is 4.98. The van der Waals surface area contributed by atoms with E-state index >= 15 is 0 Å². The smallest absolute Gasteiger partial charge is 0.137 e. The predicted molar refractivity (Wildman–Crippen MR) is 32.4 cm³/mol. The quantitative estimate of drug-likeness (QED) is 0.571. The summed E-state index contributed by atoms with van der Waals surface area (Å²) in [7, 11) is 0. The summed E-state index contributed by atoms with van der Waals surface area (Å²) in [6, 6.07) is 1.66. The van der Waals surface area contributed by atoms with E-state index in [1.165, 1.54) is 11.5 Å². The number of aliphatic hydroxyl groups excluding tert-OH is 1. The summed E-state index contributed by atoms with van der Waals surface area (Å²) in [5.74, 6) is 0.485. The van der Waals surface area contributed by atoms with E-state index in [9.17, 15) is 0 Å². The van der Waals surface area contributed by atoms with Gasteiger partial charge in [0.15, 0.2) is 0 Å². The molecule has 3 N–H and O–H groups in total. The summed E-state index contributed by atoms with van der Waals surface area (Å²) >= 11 is 1.22. The number of nitrogens with zero attached hydrogens (tertiary/aromatic N) is 1. The fraction of sp³-hybridized carbons (Fsp3) is 0.250. The minimum absolute atomic E-state index is 0.0366. The summed E-state index contributed by atoms with van der Waals surface area (Å²) in [5, 5.41) is 8.47. The summed E-state index contributed by atoms with van der Waals surface area (Å²) in [6.07, 6.45) is 0. The van der Waals surface area contributed by atoms with Crippen molar-refractivity contribution in [1.82, 2.24) is 4.37 Å². The zero-order valence-electron chi connectivity index (χ0n) is 4.16. The molecule has 1 rings (SSSR count). The van der Waals surface area contributed by atoms with E-state index < -0.39 is 0 Å². The van der Waals surface area contributed by atoms with Gasteiger partial charge in [0.2, 0.25) is 0 Å². The van der Waals surface area contributed by atoms with Crippen molar-refractivity contribution in [3.8, 4) is 0 Å². The van der Waals surface area contributed by atoms with Crippen LogP contribution in [0.3, 0.4) is 0 Å². The van der Waals surface area contributed by atoms with Gasteiger partial charge >= 0.3 is 0 Å². The van der Waals surface area contributed by atoms with Crippen LogP contribution in [0.2, 0.25) is 0 Å². The highest BCUT2D eigenvalue weighted by molar-refractivity contribution is 7.06. The highest BCUT2D eigenvalue weighted by Crippen LogP contribution is 2.09. The first-order valence-electron chi connectivity index (χ1n) is 2.15. The van der Waals surface area contributed by atoms with Gasteiger partial charge in [0.1, 0.15) is 5.82 Å². The molecule has 0 aliphatic rings. The van der Waals surface area contributed by atoms with Crippen LogP contribution < -0.4 is 5.73 Å². The maximum absolute atomic E-state index is 8.47. The second-order valence-corrected chi connectivity index (χ2v) is 2.27. The normalized spacial score (nSPS) is 9.62. The molecule has 0 radical (unpaired) electrons. The van der Waals surface area contributed by atoms with Gasteiger partial charge in [-0.25, -0.2) is 0 Å². The van der Waals surface area contributed by atoms with Crippen molar-refractivity contribution in [3.63, 3.8) is 0 Å². The van der Waals surface area contributed by atoms with Gasteiger partial charge < -0.3 is 10.8 Å². The van der Waals surface area contributed by atoms with Crippen molar-refractivity contribution in [1.29, 1.82) is 0 Å². The number of nitrogen functional groups attached to an aromatic ring is 1. The molecule has 3 nitrogen and oxygen atoms in total. The Labute approximate surface area is 50.9 Å². The van der Waals surface area contributed by atoms with Gasteiger partial charge in [0, 0.05) is 0 Å². The largest absolute Gasteiger partial charge is 0.391 e. The Hall–Kier alpha value is -0.610. The SMILES string of the molecule is Nc1cc(CO)sn1. The van der Waals surface area contributed by atoms with Crippen LogP contribution in [0.15, 0.2) is 6.07 Å². The van der Waals surface area contributed by atoms with E-state index in [2.05, 4.69) is 4.37 Å². The number of hydrogen-bond acceptors (Lipinski definition) is 4.